The van der Waals surface area contributed by atoms with Crippen LogP contribution < -0.4 is 5.73 Å². The van der Waals surface area contributed by atoms with Gasteiger partial charge in [-0.3, -0.25) is 4.79 Å². The maximum Gasteiger partial charge on any atom is 0.135 e. The molecule has 0 amide bonds. The SMILES string of the molecule is CC(CN)CC(=O)C(C)C. The van der Waals surface area contributed by atoms with E-state index in [4.69, 9.17) is 5.73 Å². The van der Waals surface area contributed by atoms with E-state index >= 15 is 0 Å². The Bertz CT molecular complexity index is 110. The van der Waals surface area contributed by atoms with Crippen LogP contribution in [0.5, 0.6) is 0 Å². The molecule has 0 saturated heterocycles. The molecule has 0 rings (SSSR count). The van der Waals surface area contributed by atoms with Gasteiger partial charge in [0.15, 0.2) is 0 Å². The van der Waals surface area contributed by atoms with Crippen molar-refractivity contribution in [2.24, 2.45) is 17.6 Å². The van der Waals surface area contributed by atoms with E-state index in [-0.39, 0.29) is 5.92 Å². The van der Waals surface area contributed by atoms with Crippen LogP contribution in [0.2, 0.25) is 0 Å². The lowest BCUT2D eigenvalue weighted by Crippen LogP contribution is -2.17. The molecule has 0 aliphatic heterocycles. The van der Waals surface area contributed by atoms with Gasteiger partial charge in [0.25, 0.3) is 0 Å². The minimum absolute atomic E-state index is 0.161. The second kappa shape index (κ2) is 4.45. The number of hydrogen-bond donors (Lipinski definition) is 1. The van der Waals surface area contributed by atoms with Crippen LogP contribution >= 0.6 is 0 Å². The average molecular weight is 143 g/mol. The van der Waals surface area contributed by atoms with Crippen molar-refractivity contribution in [3.05, 3.63) is 0 Å². The Hall–Kier alpha value is -0.370. The molecule has 2 N–H and O–H groups in total. The standard InChI is InChI=1S/C8H17NO/c1-6(2)8(10)4-7(3)5-9/h6-7H,4-5,9H2,1-3H3. The number of carbonyl (C=O) groups excluding carboxylic acids is 1. The molecule has 0 heterocycles. The number of nitrogens with two attached hydrogens (primary N) is 1. The van der Waals surface area contributed by atoms with Gasteiger partial charge in [-0.2, -0.15) is 0 Å². The van der Waals surface area contributed by atoms with Gasteiger partial charge in [0.1, 0.15) is 5.78 Å². The third kappa shape index (κ3) is 3.62. The summed E-state index contributed by atoms with van der Waals surface area (Å²) in [5.74, 6) is 0.821. The molecule has 60 valence electrons. The average Bonchev–Trinajstić information content (AvgIpc) is 1.87. The van der Waals surface area contributed by atoms with Gasteiger partial charge in [0.2, 0.25) is 0 Å². The Balaban J connectivity index is 3.57. The maximum atomic E-state index is 11.1. The fourth-order valence-corrected chi connectivity index (χ4v) is 0.662. The van der Waals surface area contributed by atoms with Gasteiger partial charge in [0, 0.05) is 12.3 Å². The second-order valence-electron chi connectivity index (χ2n) is 3.17. The molecular weight excluding hydrogens is 126 g/mol. The van der Waals surface area contributed by atoms with Crippen LogP contribution in [0.4, 0.5) is 0 Å². The molecule has 0 aliphatic carbocycles. The Morgan fingerprint density at radius 3 is 2.20 bits per heavy atom. The second-order valence-corrected chi connectivity index (χ2v) is 3.17. The molecule has 0 fully saturated rings. The Kier molecular flexibility index (Phi) is 4.28. The predicted molar refractivity (Wildman–Crippen MR) is 42.7 cm³/mol. The highest BCUT2D eigenvalue weighted by Gasteiger charge is 2.10. The topological polar surface area (TPSA) is 43.1 Å². The molecule has 10 heavy (non-hydrogen) atoms. The highest BCUT2D eigenvalue weighted by Crippen LogP contribution is 2.05. The summed E-state index contributed by atoms with van der Waals surface area (Å²) in [5, 5.41) is 0. The summed E-state index contributed by atoms with van der Waals surface area (Å²) >= 11 is 0. The number of Topliss-reactive ketones (excluding diaryl/α,β-unsaturated/α-hetero) is 1. The smallest absolute Gasteiger partial charge is 0.135 e. The fraction of sp³-hybridized carbons (Fsp3) is 0.875. The van der Waals surface area contributed by atoms with Crippen LogP contribution in [0.25, 0.3) is 0 Å². The molecule has 0 aromatic carbocycles. The normalized spacial score (nSPS) is 13.7. The zero-order chi connectivity index (χ0) is 8.15. The number of hydrogen-bond acceptors (Lipinski definition) is 2. The van der Waals surface area contributed by atoms with Crippen molar-refractivity contribution in [1.29, 1.82) is 0 Å². The largest absolute Gasteiger partial charge is 0.330 e. The Morgan fingerprint density at radius 2 is 1.90 bits per heavy atom. The van der Waals surface area contributed by atoms with Crippen molar-refractivity contribution in [2.75, 3.05) is 6.54 Å². The van der Waals surface area contributed by atoms with Gasteiger partial charge in [-0.25, -0.2) is 0 Å². The predicted octanol–water partition coefficient (Wildman–Crippen LogP) is 1.20. The lowest BCUT2D eigenvalue weighted by molar-refractivity contribution is -0.122. The molecular formula is C8H17NO. The summed E-state index contributed by atoms with van der Waals surface area (Å²) < 4.78 is 0. The van der Waals surface area contributed by atoms with Crippen molar-refractivity contribution in [1.82, 2.24) is 0 Å². The van der Waals surface area contributed by atoms with Gasteiger partial charge in [-0.05, 0) is 12.5 Å². The molecule has 0 saturated carbocycles. The quantitative estimate of drug-likeness (QED) is 0.642. The zero-order valence-corrected chi connectivity index (χ0v) is 7.05. The highest BCUT2D eigenvalue weighted by atomic mass is 16.1. The highest BCUT2D eigenvalue weighted by molar-refractivity contribution is 5.80. The summed E-state index contributed by atoms with van der Waals surface area (Å²) in [6.45, 7) is 6.45. The van der Waals surface area contributed by atoms with Crippen molar-refractivity contribution < 1.29 is 4.79 Å². The van der Waals surface area contributed by atoms with E-state index in [1.165, 1.54) is 0 Å². The van der Waals surface area contributed by atoms with Gasteiger partial charge < -0.3 is 5.73 Å². The van der Waals surface area contributed by atoms with E-state index < -0.39 is 0 Å². The summed E-state index contributed by atoms with van der Waals surface area (Å²) in [6, 6.07) is 0. The molecule has 0 spiro atoms. The summed E-state index contributed by atoms with van der Waals surface area (Å²) in [7, 11) is 0. The first-order valence-electron chi connectivity index (χ1n) is 3.80. The van der Waals surface area contributed by atoms with Crippen LogP contribution in [-0.2, 0) is 4.79 Å². The maximum absolute atomic E-state index is 11.1. The summed E-state index contributed by atoms with van der Waals surface area (Å²) in [4.78, 5) is 11.1. The van der Waals surface area contributed by atoms with Crippen molar-refractivity contribution in [3.8, 4) is 0 Å². The van der Waals surface area contributed by atoms with Crippen LogP contribution in [-0.4, -0.2) is 12.3 Å². The number of ketones is 1. The van der Waals surface area contributed by atoms with E-state index in [1.54, 1.807) is 0 Å². The first-order valence-corrected chi connectivity index (χ1v) is 3.80. The van der Waals surface area contributed by atoms with Gasteiger partial charge in [0.05, 0.1) is 0 Å². The third-order valence-electron chi connectivity index (χ3n) is 1.60. The van der Waals surface area contributed by atoms with E-state index in [2.05, 4.69) is 0 Å². The molecule has 1 atom stereocenters. The lowest BCUT2D eigenvalue weighted by atomic mass is 9.98. The summed E-state index contributed by atoms with van der Waals surface area (Å²) in [5.41, 5.74) is 5.37. The first kappa shape index (κ1) is 9.63. The molecule has 2 heteroatoms. The lowest BCUT2D eigenvalue weighted by Gasteiger charge is -2.08. The Labute approximate surface area is 62.8 Å². The molecule has 0 aromatic heterocycles. The van der Waals surface area contributed by atoms with Crippen LogP contribution in [0, 0.1) is 11.8 Å². The molecule has 1 unspecified atom stereocenters. The Morgan fingerprint density at radius 1 is 1.40 bits per heavy atom. The van der Waals surface area contributed by atoms with Gasteiger partial charge in [-0.15, -0.1) is 0 Å². The molecule has 0 aliphatic rings. The molecule has 0 radical (unpaired) electrons. The van der Waals surface area contributed by atoms with Crippen molar-refractivity contribution in [3.63, 3.8) is 0 Å². The first-order chi connectivity index (χ1) is 4.57. The minimum Gasteiger partial charge on any atom is -0.330 e. The molecule has 0 aromatic rings. The minimum atomic E-state index is 0.161. The molecule has 2 nitrogen and oxygen atoms in total. The number of rotatable bonds is 4. The van der Waals surface area contributed by atoms with Gasteiger partial charge >= 0.3 is 0 Å². The summed E-state index contributed by atoms with van der Waals surface area (Å²) in [6.07, 6.45) is 0.633. The molecule has 0 bridgehead atoms. The van der Waals surface area contributed by atoms with Crippen LogP contribution in [0.3, 0.4) is 0 Å². The van der Waals surface area contributed by atoms with Crippen LogP contribution in [0.1, 0.15) is 27.2 Å². The van der Waals surface area contributed by atoms with E-state index in [1.807, 2.05) is 20.8 Å². The van der Waals surface area contributed by atoms with Crippen molar-refractivity contribution >= 4 is 5.78 Å². The fourth-order valence-electron chi connectivity index (χ4n) is 0.662. The number of carbonyl (C=O) groups is 1. The van der Waals surface area contributed by atoms with Gasteiger partial charge in [-0.1, -0.05) is 20.8 Å². The van der Waals surface area contributed by atoms with E-state index in [9.17, 15) is 4.79 Å². The third-order valence-corrected chi connectivity index (χ3v) is 1.60. The van der Waals surface area contributed by atoms with Crippen molar-refractivity contribution in [2.45, 2.75) is 27.2 Å². The van der Waals surface area contributed by atoms with Crippen LogP contribution in [0.15, 0.2) is 0 Å². The zero-order valence-electron chi connectivity index (χ0n) is 7.05. The van der Waals surface area contributed by atoms with E-state index in [0.717, 1.165) is 0 Å². The monoisotopic (exact) mass is 143 g/mol. The van der Waals surface area contributed by atoms with E-state index in [0.29, 0.717) is 24.7 Å².